The second-order valence-corrected chi connectivity index (χ2v) is 6.26. The second kappa shape index (κ2) is 9.25. The molecule has 0 aliphatic carbocycles. The van der Waals surface area contributed by atoms with Gasteiger partial charge >= 0.3 is 0 Å². The molecule has 5 heteroatoms. The SMILES string of the molecule is CC(=O)Nc1ccc(CNC(COCC(C)C)c2ccco2)cc1. The van der Waals surface area contributed by atoms with Crippen molar-refractivity contribution in [3.63, 3.8) is 0 Å². The molecule has 1 aromatic heterocycles. The molecule has 5 nitrogen and oxygen atoms in total. The summed E-state index contributed by atoms with van der Waals surface area (Å²) in [6.07, 6.45) is 1.68. The fourth-order valence-corrected chi connectivity index (χ4v) is 2.30. The number of benzene rings is 1. The van der Waals surface area contributed by atoms with Gasteiger partial charge in [-0.25, -0.2) is 0 Å². The molecule has 0 aliphatic heterocycles. The molecule has 0 saturated heterocycles. The van der Waals surface area contributed by atoms with Crippen LogP contribution in [0.3, 0.4) is 0 Å². The van der Waals surface area contributed by atoms with Gasteiger partial charge in [-0.15, -0.1) is 0 Å². The van der Waals surface area contributed by atoms with E-state index in [1.165, 1.54) is 6.92 Å². The van der Waals surface area contributed by atoms with Crippen molar-refractivity contribution in [2.45, 2.75) is 33.4 Å². The van der Waals surface area contributed by atoms with Crippen molar-refractivity contribution in [2.75, 3.05) is 18.5 Å². The predicted molar refractivity (Wildman–Crippen MR) is 94.7 cm³/mol. The van der Waals surface area contributed by atoms with Gasteiger partial charge in [0, 0.05) is 25.8 Å². The molecule has 1 heterocycles. The number of carbonyl (C=O) groups excluding carboxylic acids is 1. The minimum atomic E-state index is -0.0685. The summed E-state index contributed by atoms with van der Waals surface area (Å²) in [5.41, 5.74) is 1.93. The highest BCUT2D eigenvalue weighted by Crippen LogP contribution is 2.16. The van der Waals surface area contributed by atoms with E-state index in [4.69, 9.17) is 9.15 Å². The van der Waals surface area contributed by atoms with E-state index in [2.05, 4.69) is 24.5 Å². The van der Waals surface area contributed by atoms with Gasteiger partial charge in [0.25, 0.3) is 0 Å². The number of rotatable bonds is 9. The van der Waals surface area contributed by atoms with Crippen LogP contribution in [-0.4, -0.2) is 19.1 Å². The molecular weight excluding hydrogens is 304 g/mol. The maximum Gasteiger partial charge on any atom is 0.221 e. The summed E-state index contributed by atoms with van der Waals surface area (Å²) in [5, 5.41) is 6.23. The highest BCUT2D eigenvalue weighted by atomic mass is 16.5. The molecule has 1 aromatic carbocycles. The topological polar surface area (TPSA) is 63.5 Å². The molecule has 2 aromatic rings. The molecule has 0 bridgehead atoms. The zero-order valence-electron chi connectivity index (χ0n) is 14.5. The summed E-state index contributed by atoms with van der Waals surface area (Å²) >= 11 is 0. The average molecular weight is 330 g/mol. The van der Waals surface area contributed by atoms with Crippen LogP contribution >= 0.6 is 0 Å². The quantitative estimate of drug-likeness (QED) is 0.735. The fourth-order valence-electron chi connectivity index (χ4n) is 2.30. The average Bonchev–Trinajstić information content (AvgIpc) is 3.05. The van der Waals surface area contributed by atoms with E-state index in [-0.39, 0.29) is 11.9 Å². The summed E-state index contributed by atoms with van der Waals surface area (Å²) in [4.78, 5) is 11.0. The lowest BCUT2D eigenvalue weighted by atomic mass is 10.1. The summed E-state index contributed by atoms with van der Waals surface area (Å²) in [5.74, 6) is 1.30. The third-order valence-electron chi connectivity index (χ3n) is 3.45. The summed E-state index contributed by atoms with van der Waals surface area (Å²) in [7, 11) is 0. The number of amides is 1. The van der Waals surface area contributed by atoms with Crippen LogP contribution in [0.15, 0.2) is 47.1 Å². The van der Waals surface area contributed by atoms with Crippen molar-refractivity contribution in [1.82, 2.24) is 5.32 Å². The lowest BCUT2D eigenvalue weighted by molar-refractivity contribution is -0.114. The van der Waals surface area contributed by atoms with Crippen LogP contribution in [0.4, 0.5) is 5.69 Å². The fraction of sp³-hybridized carbons (Fsp3) is 0.421. The number of hydrogen-bond donors (Lipinski definition) is 2. The highest BCUT2D eigenvalue weighted by molar-refractivity contribution is 5.88. The van der Waals surface area contributed by atoms with Crippen molar-refractivity contribution < 1.29 is 13.9 Å². The summed E-state index contributed by atoms with van der Waals surface area (Å²) in [6, 6.07) is 11.6. The molecule has 1 unspecified atom stereocenters. The normalized spacial score (nSPS) is 12.3. The van der Waals surface area contributed by atoms with Gasteiger partial charge in [0.2, 0.25) is 5.91 Å². The van der Waals surface area contributed by atoms with E-state index in [1.54, 1.807) is 6.26 Å². The molecule has 2 rings (SSSR count). The number of furan rings is 1. The van der Waals surface area contributed by atoms with Crippen LogP contribution < -0.4 is 10.6 Å². The molecular formula is C19H26N2O3. The smallest absolute Gasteiger partial charge is 0.221 e. The Morgan fingerprint density at radius 1 is 1.17 bits per heavy atom. The molecule has 24 heavy (non-hydrogen) atoms. The monoisotopic (exact) mass is 330 g/mol. The molecule has 0 saturated carbocycles. The van der Waals surface area contributed by atoms with Crippen molar-refractivity contribution in [2.24, 2.45) is 5.92 Å². The van der Waals surface area contributed by atoms with E-state index in [0.717, 1.165) is 23.6 Å². The third kappa shape index (κ3) is 6.18. The molecule has 1 atom stereocenters. The second-order valence-electron chi connectivity index (χ2n) is 6.26. The van der Waals surface area contributed by atoms with Crippen LogP contribution in [0.5, 0.6) is 0 Å². The Hall–Kier alpha value is -2.11. The Bertz CT molecular complexity index is 606. The van der Waals surface area contributed by atoms with Gasteiger partial charge in [-0.2, -0.15) is 0 Å². The van der Waals surface area contributed by atoms with Gasteiger partial charge < -0.3 is 19.8 Å². The first kappa shape index (κ1) is 18.2. The van der Waals surface area contributed by atoms with Gasteiger partial charge in [-0.1, -0.05) is 26.0 Å². The minimum Gasteiger partial charge on any atom is -0.468 e. The van der Waals surface area contributed by atoms with Crippen LogP contribution in [0.25, 0.3) is 0 Å². The van der Waals surface area contributed by atoms with Crippen LogP contribution in [-0.2, 0) is 16.1 Å². The van der Waals surface area contributed by atoms with Gasteiger partial charge in [0.15, 0.2) is 0 Å². The zero-order chi connectivity index (χ0) is 17.4. The van der Waals surface area contributed by atoms with Gasteiger partial charge in [-0.05, 0) is 35.7 Å². The minimum absolute atomic E-state index is 0.00812. The molecule has 0 spiro atoms. The summed E-state index contributed by atoms with van der Waals surface area (Å²) < 4.78 is 11.3. The van der Waals surface area contributed by atoms with Crippen LogP contribution in [0.1, 0.15) is 38.1 Å². The van der Waals surface area contributed by atoms with Crippen LogP contribution in [0, 0.1) is 5.92 Å². The first-order valence-corrected chi connectivity index (χ1v) is 8.25. The zero-order valence-corrected chi connectivity index (χ0v) is 14.5. The Morgan fingerprint density at radius 2 is 1.92 bits per heavy atom. The molecule has 0 radical (unpaired) electrons. The number of carbonyl (C=O) groups is 1. The lowest BCUT2D eigenvalue weighted by Crippen LogP contribution is -2.25. The van der Waals surface area contributed by atoms with E-state index >= 15 is 0 Å². The molecule has 0 aliphatic rings. The first-order chi connectivity index (χ1) is 11.5. The lowest BCUT2D eigenvalue weighted by Gasteiger charge is -2.18. The Kier molecular flexibility index (Phi) is 7.03. The van der Waals surface area contributed by atoms with Crippen molar-refractivity contribution in [3.8, 4) is 0 Å². The van der Waals surface area contributed by atoms with E-state index in [1.807, 2.05) is 36.4 Å². The van der Waals surface area contributed by atoms with Crippen molar-refractivity contribution >= 4 is 11.6 Å². The Balaban J connectivity index is 1.90. The number of nitrogens with one attached hydrogen (secondary N) is 2. The van der Waals surface area contributed by atoms with E-state index in [9.17, 15) is 4.79 Å². The number of anilines is 1. The number of hydrogen-bond acceptors (Lipinski definition) is 4. The molecule has 2 N–H and O–H groups in total. The first-order valence-electron chi connectivity index (χ1n) is 8.25. The van der Waals surface area contributed by atoms with E-state index in [0.29, 0.717) is 19.1 Å². The predicted octanol–water partition coefficient (Wildman–Crippen LogP) is 3.74. The van der Waals surface area contributed by atoms with Crippen molar-refractivity contribution in [1.29, 1.82) is 0 Å². The van der Waals surface area contributed by atoms with Gasteiger partial charge in [0.1, 0.15) is 5.76 Å². The Morgan fingerprint density at radius 3 is 2.50 bits per heavy atom. The Labute approximate surface area is 143 Å². The van der Waals surface area contributed by atoms with Gasteiger partial charge in [0.05, 0.1) is 18.9 Å². The maximum absolute atomic E-state index is 11.0. The molecule has 1 amide bonds. The maximum atomic E-state index is 11.0. The van der Waals surface area contributed by atoms with E-state index < -0.39 is 0 Å². The molecule has 0 fully saturated rings. The van der Waals surface area contributed by atoms with Crippen LogP contribution in [0.2, 0.25) is 0 Å². The summed E-state index contributed by atoms with van der Waals surface area (Å²) in [6.45, 7) is 7.75. The standard InChI is InChI=1S/C19H26N2O3/c1-14(2)12-23-13-18(19-5-4-10-24-19)20-11-16-6-8-17(9-7-16)21-15(3)22/h4-10,14,18,20H,11-13H2,1-3H3,(H,21,22). The third-order valence-corrected chi connectivity index (χ3v) is 3.45. The highest BCUT2D eigenvalue weighted by Gasteiger charge is 2.14. The number of ether oxygens (including phenoxy) is 1. The molecule has 130 valence electrons. The van der Waals surface area contributed by atoms with Gasteiger partial charge in [-0.3, -0.25) is 4.79 Å². The largest absolute Gasteiger partial charge is 0.468 e. The van der Waals surface area contributed by atoms with Crippen molar-refractivity contribution in [3.05, 3.63) is 54.0 Å².